The molecule has 0 aromatic heterocycles. The molecule has 0 bridgehead atoms. The quantitative estimate of drug-likeness (QED) is 0.225. The van der Waals surface area contributed by atoms with E-state index in [-0.39, 0.29) is 39.4 Å². The van der Waals surface area contributed by atoms with Crippen molar-refractivity contribution in [1.29, 1.82) is 0 Å². The second kappa shape index (κ2) is 8.86. The van der Waals surface area contributed by atoms with E-state index in [2.05, 4.69) is 0 Å². The molecule has 2 aromatic rings. The van der Waals surface area contributed by atoms with Crippen LogP contribution in [0.2, 0.25) is 0 Å². The van der Waals surface area contributed by atoms with Crippen LogP contribution in [0.1, 0.15) is 17.2 Å². The number of esters is 1. The summed E-state index contributed by atoms with van der Waals surface area (Å²) in [5, 5.41) is 78.4. The monoisotopic (exact) mass is 476 g/mol. The SMILES string of the molecule is O.O=C(OC1=Cc2c(O)cc(O)cc2OC1c1cc(O)c(O)c(O)c1)C1=C[C@@H](O)[C@@H](O)C(O)=C1. The summed E-state index contributed by atoms with van der Waals surface area (Å²) in [6, 6.07) is 4.29. The van der Waals surface area contributed by atoms with Crippen LogP contribution in [0.5, 0.6) is 34.5 Å². The minimum atomic E-state index is -1.61. The molecular formula is C22H20O12. The summed E-state index contributed by atoms with van der Waals surface area (Å²) >= 11 is 0. The van der Waals surface area contributed by atoms with Crippen molar-refractivity contribution in [2.45, 2.75) is 18.3 Å². The normalized spacial score (nSPS) is 21.1. The minimum absolute atomic E-state index is 0. The van der Waals surface area contributed by atoms with Gasteiger partial charge >= 0.3 is 5.97 Å². The number of aromatic hydroxyl groups is 5. The largest absolute Gasteiger partial charge is 0.509 e. The van der Waals surface area contributed by atoms with Crippen LogP contribution in [0.4, 0.5) is 0 Å². The number of carbonyl (C=O) groups excluding carboxylic acids is 1. The first kappa shape index (κ1) is 24.3. The number of phenolic OH excluding ortho intramolecular Hbond substituents is 5. The number of carbonyl (C=O) groups is 1. The Kier molecular flexibility index (Phi) is 6.32. The highest BCUT2D eigenvalue weighted by Crippen LogP contribution is 2.46. The highest BCUT2D eigenvalue weighted by molar-refractivity contribution is 5.93. The summed E-state index contributed by atoms with van der Waals surface area (Å²) in [6.45, 7) is 0. The first-order chi connectivity index (χ1) is 15.5. The van der Waals surface area contributed by atoms with Crippen LogP contribution in [0.15, 0.2) is 53.5 Å². The first-order valence-corrected chi connectivity index (χ1v) is 9.45. The van der Waals surface area contributed by atoms with Crippen molar-refractivity contribution in [1.82, 2.24) is 0 Å². The molecule has 1 aliphatic carbocycles. The first-order valence-electron chi connectivity index (χ1n) is 9.45. The lowest BCUT2D eigenvalue weighted by molar-refractivity contribution is -0.136. The molecular weight excluding hydrogens is 456 g/mol. The lowest BCUT2D eigenvalue weighted by Crippen LogP contribution is -2.30. The lowest BCUT2D eigenvalue weighted by atomic mass is 9.99. The van der Waals surface area contributed by atoms with Crippen molar-refractivity contribution in [2.24, 2.45) is 0 Å². The standard InChI is InChI=1S/C22H18O11.H2O/c23-10-5-12(24)11-7-18(33-22(31)9-3-15(27)20(30)16(28)4-9)21(32-17(11)6-10)8-1-13(25)19(29)14(26)2-8;/h1-7,15,20-21,23-30H;1H2/t15-,20-,21?;/m1./s1. The van der Waals surface area contributed by atoms with Gasteiger partial charge in [-0.3, -0.25) is 0 Å². The van der Waals surface area contributed by atoms with E-state index in [4.69, 9.17) is 9.47 Å². The summed E-state index contributed by atoms with van der Waals surface area (Å²) in [7, 11) is 0. The lowest BCUT2D eigenvalue weighted by Gasteiger charge is -2.28. The van der Waals surface area contributed by atoms with E-state index in [0.717, 1.165) is 30.4 Å². The smallest absolute Gasteiger partial charge is 0.343 e. The fraction of sp³-hybridized carbons (Fsp3) is 0.136. The molecule has 2 aliphatic rings. The molecule has 34 heavy (non-hydrogen) atoms. The second-order valence-electron chi connectivity index (χ2n) is 7.35. The number of rotatable bonds is 3. The van der Waals surface area contributed by atoms with Crippen molar-refractivity contribution in [3.63, 3.8) is 0 Å². The summed E-state index contributed by atoms with van der Waals surface area (Å²) in [5.74, 6) is -4.88. The van der Waals surface area contributed by atoms with Gasteiger partial charge in [0.05, 0.1) is 11.1 Å². The van der Waals surface area contributed by atoms with Gasteiger partial charge in [-0.15, -0.1) is 0 Å². The van der Waals surface area contributed by atoms with Gasteiger partial charge in [0.2, 0.25) is 0 Å². The van der Waals surface area contributed by atoms with Crippen LogP contribution in [0.3, 0.4) is 0 Å². The number of aliphatic hydroxyl groups is 3. The van der Waals surface area contributed by atoms with Gasteiger partial charge in [-0.2, -0.15) is 0 Å². The predicted octanol–water partition coefficient (Wildman–Crippen LogP) is 0.511. The Labute approximate surface area is 190 Å². The van der Waals surface area contributed by atoms with E-state index in [9.17, 15) is 45.6 Å². The van der Waals surface area contributed by atoms with Crippen molar-refractivity contribution < 1.29 is 60.6 Å². The Bertz CT molecular complexity index is 1220. The summed E-state index contributed by atoms with van der Waals surface area (Å²) in [4.78, 5) is 12.7. The number of hydrogen-bond acceptors (Lipinski definition) is 11. The van der Waals surface area contributed by atoms with Crippen LogP contribution in [-0.2, 0) is 9.53 Å². The van der Waals surface area contributed by atoms with E-state index in [1.54, 1.807) is 0 Å². The van der Waals surface area contributed by atoms with Crippen LogP contribution >= 0.6 is 0 Å². The van der Waals surface area contributed by atoms with Gasteiger partial charge in [0, 0.05) is 17.7 Å². The van der Waals surface area contributed by atoms with E-state index < -0.39 is 53.0 Å². The van der Waals surface area contributed by atoms with Crippen LogP contribution < -0.4 is 4.74 Å². The molecule has 0 spiro atoms. The second-order valence-corrected chi connectivity index (χ2v) is 7.35. The van der Waals surface area contributed by atoms with Crippen LogP contribution in [0.25, 0.3) is 6.08 Å². The summed E-state index contributed by atoms with van der Waals surface area (Å²) < 4.78 is 11.1. The fourth-order valence-corrected chi connectivity index (χ4v) is 3.37. The Morgan fingerprint density at radius 3 is 2.15 bits per heavy atom. The van der Waals surface area contributed by atoms with Crippen molar-refractivity contribution in [3.05, 3.63) is 64.6 Å². The zero-order valence-electron chi connectivity index (χ0n) is 17.1. The van der Waals surface area contributed by atoms with Gasteiger partial charge in [-0.05, 0) is 30.4 Å². The minimum Gasteiger partial charge on any atom is -0.509 e. The average molecular weight is 476 g/mol. The number of ether oxygens (including phenoxy) is 2. The van der Waals surface area contributed by atoms with Gasteiger partial charge in [0.25, 0.3) is 0 Å². The van der Waals surface area contributed by atoms with Crippen molar-refractivity contribution in [3.8, 4) is 34.5 Å². The van der Waals surface area contributed by atoms with E-state index in [1.165, 1.54) is 12.1 Å². The summed E-state index contributed by atoms with van der Waals surface area (Å²) in [5.41, 5.74) is -0.213. The number of fused-ring (bicyclic) bond motifs is 1. The molecule has 2 aromatic carbocycles. The third-order valence-electron chi connectivity index (χ3n) is 5.02. The Morgan fingerprint density at radius 1 is 0.882 bits per heavy atom. The maximum absolute atomic E-state index is 12.7. The van der Waals surface area contributed by atoms with E-state index >= 15 is 0 Å². The molecule has 1 heterocycles. The van der Waals surface area contributed by atoms with Gasteiger partial charge in [-0.1, -0.05) is 0 Å². The molecule has 0 fully saturated rings. The van der Waals surface area contributed by atoms with Gasteiger partial charge in [0.15, 0.2) is 29.1 Å². The maximum Gasteiger partial charge on any atom is 0.343 e. The molecule has 4 rings (SSSR count). The Balaban J connectivity index is 0.00000324. The van der Waals surface area contributed by atoms with Crippen LogP contribution in [-0.4, -0.2) is 64.5 Å². The molecule has 12 nitrogen and oxygen atoms in total. The molecule has 180 valence electrons. The maximum atomic E-state index is 12.7. The zero-order valence-corrected chi connectivity index (χ0v) is 17.1. The molecule has 0 saturated carbocycles. The number of benzene rings is 2. The van der Waals surface area contributed by atoms with Gasteiger partial charge in [0.1, 0.15) is 35.2 Å². The van der Waals surface area contributed by atoms with E-state index in [1.807, 2.05) is 0 Å². The highest BCUT2D eigenvalue weighted by atomic mass is 16.6. The molecule has 0 saturated heterocycles. The molecule has 12 heteroatoms. The third-order valence-corrected chi connectivity index (χ3v) is 5.02. The van der Waals surface area contributed by atoms with Crippen LogP contribution in [0, 0.1) is 0 Å². The Hall–Kier alpha value is -4.39. The molecule has 0 radical (unpaired) electrons. The molecule has 0 amide bonds. The number of hydrogen-bond donors (Lipinski definition) is 8. The molecule has 10 N–H and O–H groups in total. The highest BCUT2D eigenvalue weighted by Gasteiger charge is 2.33. The van der Waals surface area contributed by atoms with Gasteiger partial charge in [-0.25, -0.2) is 4.79 Å². The van der Waals surface area contributed by atoms with Crippen molar-refractivity contribution >= 4 is 12.0 Å². The van der Waals surface area contributed by atoms with Gasteiger partial charge < -0.3 is 55.8 Å². The number of aliphatic hydroxyl groups excluding tert-OH is 3. The fourth-order valence-electron chi connectivity index (χ4n) is 3.37. The van der Waals surface area contributed by atoms with Crippen molar-refractivity contribution in [2.75, 3.05) is 0 Å². The predicted molar refractivity (Wildman–Crippen MR) is 113 cm³/mol. The average Bonchev–Trinajstić information content (AvgIpc) is 2.75. The zero-order chi connectivity index (χ0) is 24.0. The summed E-state index contributed by atoms with van der Waals surface area (Å²) in [6.07, 6.45) is -1.39. The molecule has 1 aliphatic heterocycles. The molecule has 1 unspecified atom stereocenters. The third kappa shape index (κ3) is 4.28. The topological polar surface area (TPSA) is 229 Å². The van der Waals surface area contributed by atoms with E-state index in [0.29, 0.717) is 0 Å². The number of phenols is 5. The Morgan fingerprint density at radius 2 is 1.53 bits per heavy atom. The molecule has 3 atom stereocenters.